The van der Waals surface area contributed by atoms with Crippen molar-refractivity contribution >= 4 is 7.60 Å². The van der Waals surface area contributed by atoms with Crippen LogP contribution in [-0.2, 0) is 27.8 Å². The summed E-state index contributed by atoms with van der Waals surface area (Å²) in [4.78, 5) is 26.5. The fraction of sp³-hybridized carbons (Fsp3) is 0.789. The summed E-state index contributed by atoms with van der Waals surface area (Å²) in [5.41, 5.74) is -0.620. The Labute approximate surface area is 176 Å². The van der Waals surface area contributed by atoms with Crippen molar-refractivity contribution < 1.29 is 27.8 Å². The van der Waals surface area contributed by atoms with Crippen molar-refractivity contribution in [1.82, 2.24) is 9.55 Å². The molecular weight excluding hydrogens is 415 g/mol. The van der Waals surface area contributed by atoms with E-state index in [1.165, 1.54) is 10.8 Å². The third-order valence-corrected chi connectivity index (χ3v) is 7.17. The van der Waals surface area contributed by atoms with Crippen molar-refractivity contribution in [3.05, 3.63) is 32.6 Å². The molecule has 2 heterocycles. The topological polar surface area (TPSA) is 118 Å². The molecule has 1 aliphatic rings. The summed E-state index contributed by atoms with van der Waals surface area (Å²) in [5, 5.41) is 0. The van der Waals surface area contributed by atoms with Gasteiger partial charge >= 0.3 is 13.3 Å². The Morgan fingerprint density at radius 3 is 2.47 bits per heavy atom. The predicted molar refractivity (Wildman–Crippen MR) is 111 cm³/mol. The molecule has 2 rings (SSSR count). The van der Waals surface area contributed by atoms with Crippen LogP contribution in [0.15, 0.2) is 15.8 Å². The first-order chi connectivity index (χ1) is 14.3. The number of hydrogen-bond donors (Lipinski definition) is 1. The Morgan fingerprint density at radius 2 is 1.87 bits per heavy atom. The molecule has 0 saturated carbocycles. The number of aromatic amines is 1. The molecule has 1 saturated heterocycles. The minimum atomic E-state index is -3.22. The SMILES string of the molecule is CCOP(=O)(CC[C@H]1O[C@@H](n2cc(C)c(=O)[nH]c2=O)[C@H](OCCOC)[C@@H]1C)OCC. The number of ether oxygens (including phenoxy) is 3. The molecule has 30 heavy (non-hydrogen) atoms. The molecular formula is C19H33N2O8P. The van der Waals surface area contributed by atoms with Gasteiger partial charge < -0.3 is 23.3 Å². The number of nitrogens with zero attached hydrogens (tertiary/aromatic N) is 1. The lowest BCUT2D eigenvalue weighted by atomic mass is 9.98. The number of aromatic nitrogens is 2. The van der Waals surface area contributed by atoms with E-state index in [4.69, 9.17) is 23.3 Å². The van der Waals surface area contributed by atoms with Crippen molar-refractivity contribution in [2.75, 3.05) is 39.7 Å². The summed E-state index contributed by atoms with van der Waals surface area (Å²) < 4.78 is 42.1. The van der Waals surface area contributed by atoms with Crippen LogP contribution in [0.25, 0.3) is 0 Å². The standard InChI is InChI=1S/C19H33N2O8P/c1-6-27-30(24,28-7-2)11-8-15-14(4)16(26-10-9-25-5)18(29-15)21-12-13(3)17(22)20-19(21)23/h12,14-16,18H,6-11H2,1-5H3,(H,20,22,23)/t14-,15-,16-,18-/m1/s1. The zero-order valence-electron chi connectivity index (χ0n) is 18.3. The monoisotopic (exact) mass is 448 g/mol. The maximum absolute atomic E-state index is 12.8. The van der Waals surface area contributed by atoms with Crippen LogP contribution >= 0.6 is 7.60 Å². The first-order valence-corrected chi connectivity index (χ1v) is 11.9. The lowest BCUT2D eigenvalue weighted by Crippen LogP contribution is -2.38. The molecule has 10 nitrogen and oxygen atoms in total. The molecule has 0 aliphatic carbocycles. The Morgan fingerprint density at radius 1 is 1.20 bits per heavy atom. The molecule has 172 valence electrons. The maximum Gasteiger partial charge on any atom is 0.330 e. The third-order valence-electron chi connectivity index (χ3n) is 5.06. The lowest BCUT2D eigenvalue weighted by molar-refractivity contribution is -0.0744. The van der Waals surface area contributed by atoms with Crippen LogP contribution < -0.4 is 11.2 Å². The molecule has 4 atom stereocenters. The smallest absolute Gasteiger partial charge is 0.330 e. The van der Waals surface area contributed by atoms with Gasteiger partial charge in [-0.3, -0.25) is 18.9 Å². The minimum Gasteiger partial charge on any atom is -0.382 e. The zero-order chi connectivity index (χ0) is 22.3. The van der Waals surface area contributed by atoms with E-state index in [1.54, 1.807) is 27.9 Å². The molecule has 1 aromatic rings. The number of aryl methyl sites for hydroxylation is 1. The van der Waals surface area contributed by atoms with Gasteiger partial charge in [0.2, 0.25) is 0 Å². The molecule has 11 heteroatoms. The van der Waals surface area contributed by atoms with E-state index in [9.17, 15) is 14.2 Å². The van der Waals surface area contributed by atoms with Gasteiger partial charge in [0.25, 0.3) is 5.56 Å². The van der Waals surface area contributed by atoms with Crippen LogP contribution in [0.1, 0.15) is 39.0 Å². The Bertz CT molecular complexity index is 829. The second kappa shape index (κ2) is 11.4. The van der Waals surface area contributed by atoms with Gasteiger partial charge in [0.1, 0.15) is 6.10 Å². The summed E-state index contributed by atoms with van der Waals surface area (Å²) >= 11 is 0. The molecule has 0 aromatic carbocycles. The highest BCUT2D eigenvalue weighted by Crippen LogP contribution is 2.50. The van der Waals surface area contributed by atoms with Crippen molar-refractivity contribution in [1.29, 1.82) is 0 Å². The number of H-pyrrole nitrogens is 1. The zero-order valence-corrected chi connectivity index (χ0v) is 19.2. The predicted octanol–water partition coefficient (Wildman–Crippen LogP) is 2.07. The van der Waals surface area contributed by atoms with Gasteiger partial charge in [-0.25, -0.2) is 4.79 Å². The van der Waals surface area contributed by atoms with Crippen molar-refractivity contribution in [2.24, 2.45) is 5.92 Å². The van der Waals surface area contributed by atoms with Gasteiger partial charge in [0, 0.05) is 24.8 Å². The van der Waals surface area contributed by atoms with Crippen LogP contribution in [0.4, 0.5) is 0 Å². The molecule has 1 fully saturated rings. The van der Waals surface area contributed by atoms with Gasteiger partial charge in [-0.1, -0.05) is 6.92 Å². The van der Waals surface area contributed by atoms with Crippen LogP contribution in [0.5, 0.6) is 0 Å². The van der Waals surface area contributed by atoms with E-state index in [2.05, 4.69) is 4.98 Å². The molecule has 0 spiro atoms. The second-order valence-corrected chi connectivity index (χ2v) is 9.38. The molecule has 0 bridgehead atoms. The third kappa shape index (κ3) is 6.12. The molecule has 1 aromatic heterocycles. The fourth-order valence-corrected chi connectivity index (χ4v) is 5.22. The van der Waals surface area contributed by atoms with E-state index in [0.717, 1.165) is 0 Å². The molecule has 0 unspecified atom stereocenters. The first kappa shape index (κ1) is 25.0. The van der Waals surface area contributed by atoms with Gasteiger partial charge in [-0.05, 0) is 27.2 Å². The number of methoxy groups -OCH3 is 1. The maximum atomic E-state index is 12.8. The quantitative estimate of drug-likeness (QED) is 0.381. The van der Waals surface area contributed by atoms with E-state index in [-0.39, 0.29) is 31.4 Å². The van der Waals surface area contributed by atoms with Gasteiger partial charge in [0.05, 0.1) is 38.7 Å². The van der Waals surface area contributed by atoms with Crippen LogP contribution in [0.2, 0.25) is 0 Å². The van der Waals surface area contributed by atoms with E-state index in [1.807, 2.05) is 6.92 Å². The van der Waals surface area contributed by atoms with E-state index < -0.39 is 31.2 Å². The van der Waals surface area contributed by atoms with Crippen LogP contribution in [-0.4, -0.2) is 61.5 Å². The minimum absolute atomic E-state index is 0.109. The molecule has 0 radical (unpaired) electrons. The van der Waals surface area contributed by atoms with Crippen molar-refractivity contribution in [3.63, 3.8) is 0 Å². The van der Waals surface area contributed by atoms with Crippen molar-refractivity contribution in [3.8, 4) is 0 Å². The van der Waals surface area contributed by atoms with E-state index in [0.29, 0.717) is 25.2 Å². The molecule has 1 N–H and O–H groups in total. The summed E-state index contributed by atoms with van der Waals surface area (Å²) in [7, 11) is -1.64. The second-order valence-electron chi connectivity index (χ2n) is 7.19. The molecule has 0 amide bonds. The highest BCUT2D eigenvalue weighted by atomic mass is 31.2. The number of nitrogens with one attached hydrogen (secondary N) is 1. The van der Waals surface area contributed by atoms with Gasteiger partial charge in [0.15, 0.2) is 6.23 Å². The van der Waals surface area contributed by atoms with Crippen molar-refractivity contribution in [2.45, 2.75) is 52.6 Å². The lowest BCUT2D eigenvalue weighted by Gasteiger charge is -2.23. The average molecular weight is 448 g/mol. The van der Waals surface area contributed by atoms with E-state index >= 15 is 0 Å². The normalized spacial score (nSPS) is 24.4. The highest BCUT2D eigenvalue weighted by molar-refractivity contribution is 7.53. The summed E-state index contributed by atoms with van der Waals surface area (Å²) in [5.74, 6) is -0.109. The number of rotatable bonds is 12. The fourth-order valence-electron chi connectivity index (χ4n) is 3.53. The number of hydrogen-bond acceptors (Lipinski definition) is 8. The Hall–Kier alpha value is -1.29. The Balaban J connectivity index is 2.24. The molecule has 1 aliphatic heterocycles. The first-order valence-electron chi connectivity index (χ1n) is 10.2. The summed E-state index contributed by atoms with van der Waals surface area (Å²) in [6, 6.07) is 0. The Kier molecular flexibility index (Phi) is 9.46. The van der Waals surface area contributed by atoms with Crippen LogP contribution in [0, 0.1) is 12.8 Å². The summed E-state index contributed by atoms with van der Waals surface area (Å²) in [6.07, 6.45) is 0.557. The van der Waals surface area contributed by atoms with Gasteiger partial charge in [-0.2, -0.15) is 0 Å². The van der Waals surface area contributed by atoms with Crippen LogP contribution in [0.3, 0.4) is 0 Å². The highest BCUT2D eigenvalue weighted by Gasteiger charge is 2.45. The average Bonchev–Trinajstić information content (AvgIpc) is 2.99. The largest absolute Gasteiger partial charge is 0.382 e. The van der Waals surface area contributed by atoms with Gasteiger partial charge in [-0.15, -0.1) is 0 Å². The summed E-state index contributed by atoms with van der Waals surface area (Å²) in [6.45, 7) is 8.40.